The highest BCUT2D eigenvalue weighted by Gasteiger charge is 2.33. The summed E-state index contributed by atoms with van der Waals surface area (Å²) in [7, 11) is 1.62. The van der Waals surface area contributed by atoms with Gasteiger partial charge in [-0.1, -0.05) is 30.9 Å². The Morgan fingerprint density at radius 2 is 2.00 bits per heavy atom. The summed E-state index contributed by atoms with van der Waals surface area (Å²) in [5.41, 5.74) is -1.49. The maximum atomic E-state index is 13.1. The standard InChI is InChI=1S/C18H19ClF3N3O/c1-25(14-5-3-2-4-6-14)17(26)12(10-23)11-24-16-8-7-13(19)9-15(16)18(20,21)22/h7-9,11,14,24H,2-6H2,1H3/b12-11-. The van der Waals surface area contributed by atoms with Crippen LogP contribution < -0.4 is 5.32 Å². The fraction of sp³-hybridized carbons (Fsp3) is 0.444. The van der Waals surface area contributed by atoms with E-state index in [1.165, 1.54) is 11.0 Å². The number of halogens is 4. The lowest BCUT2D eigenvalue weighted by Crippen LogP contribution is -2.39. The van der Waals surface area contributed by atoms with E-state index in [1.54, 1.807) is 13.1 Å². The molecule has 0 spiro atoms. The molecule has 1 saturated carbocycles. The smallest absolute Gasteiger partial charge is 0.360 e. The van der Waals surface area contributed by atoms with Crippen molar-refractivity contribution in [2.24, 2.45) is 0 Å². The molecule has 0 unspecified atom stereocenters. The van der Waals surface area contributed by atoms with Gasteiger partial charge in [-0.2, -0.15) is 18.4 Å². The van der Waals surface area contributed by atoms with Crippen molar-refractivity contribution in [1.29, 1.82) is 5.26 Å². The number of carbonyl (C=O) groups is 1. The molecule has 140 valence electrons. The van der Waals surface area contributed by atoms with Crippen LogP contribution in [0.15, 0.2) is 30.0 Å². The van der Waals surface area contributed by atoms with Crippen molar-refractivity contribution in [3.8, 4) is 6.07 Å². The third-order valence-electron chi connectivity index (χ3n) is 4.45. The number of benzene rings is 1. The van der Waals surface area contributed by atoms with Crippen molar-refractivity contribution in [3.05, 3.63) is 40.6 Å². The minimum absolute atomic E-state index is 0.0502. The van der Waals surface area contributed by atoms with E-state index in [2.05, 4.69) is 5.32 Å². The largest absolute Gasteiger partial charge is 0.418 e. The topological polar surface area (TPSA) is 56.1 Å². The monoisotopic (exact) mass is 385 g/mol. The molecular weight excluding hydrogens is 367 g/mol. The number of rotatable bonds is 4. The summed E-state index contributed by atoms with van der Waals surface area (Å²) in [6.45, 7) is 0. The van der Waals surface area contributed by atoms with E-state index in [0.29, 0.717) is 0 Å². The Balaban J connectivity index is 2.19. The normalized spacial score (nSPS) is 16.1. The first kappa shape index (κ1) is 20.1. The van der Waals surface area contributed by atoms with Gasteiger partial charge in [-0.05, 0) is 31.0 Å². The quantitative estimate of drug-likeness (QED) is 0.588. The van der Waals surface area contributed by atoms with Crippen LogP contribution in [-0.4, -0.2) is 23.9 Å². The highest BCUT2D eigenvalue weighted by molar-refractivity contribution is 6.30. The molecule has 0 heterocycles. The van der Waals surface area contributed by atoms with Crippen molar-refractivity contribution in [2.45, 2.75) is 44.3 Å². The van der Waals surface area contributed by atoms with E-state index < -0.39 is 17.6 Å². The second-order valence-electron chi connectivity index (χ2n) is 6.21. The highest BCUT2D eigenvalue weighted by Crippen LogP contribution is 2.36. The first-order valence-electron chi connectivity index (χ1n) is 8.24. The Bertz CT molecular complexity index is 734. The number of hydrogen-bond acceptors (Lipinski definition) is 3. The lowest BCUT2D eigenvalue weighted by molar-refractivity contribution is -0.137. The minimum atomic E-state index is -4.61. The molecule has 1 N–H and O–H groups in total. The fourth-order valence-corrected chi connectivity index (χ4v) is 3.16. The maximum absolute atomic E-state index is 13.1. The molecule has 0 atom stereocenters. The first-order valence-corrected chi connectivity index (χ1v) is 8.62. The number of likely N-dealkylation sites (N-methyl/N-ethyl adjacent to an activating group) is 1. The minimum Gasteiger partial charge on any atom is -0.360 e. The number of nitriles is 1. The summed E-state index contributed by atoms with van der Waals surface area (Å²) >= 11 is 5.63. The van der Waals surface area contributed by atoms with Gasteiger partial charge >= 0.3 is 6.18 Å². The van der Waals surface area contributed by atoms with Crippen LogP contribution in [-0.2, 0) is 11.0 Å². The lowest BCUT2D eigenvalue weighted by atomic mass is 9.94. The Labute approximate surface area is 155 Å². The van der Waals surface area contributed by atoms with Crippen LogP contribution in [0.5, 0.6) is 0 Å². The van der Waals surface area contributed by atoms with Gasteiger partial charge in [-0.3, -0.25) is 4.79 Å². The first-order chi connectivity index (χ1) is 12.2. The predicted octanol–water partition coefficient (Wildman–Crippen LogP) is 4.97. The molecule has 4 nitrogen and oxygen atoms in total. The summed E-state index contributed by atoms with van der Waals surface area (Å²) in [5, 5.41) is 11.6. The van der Waals surface area contributed by atoms with Gasteiger partial charge < -0.3 is 10.2 Å². The number of anilines is 1. The Hall–Kier alpha value is -2.20. The van der Waals surface area contributed by atoms with E-state index in [-0.39, 0.29) is 22.3 Å². The van der Waals surface area contributed by atoms with Crippen LogP contribution in [0.1, 0.15) is 37.7 Å². The Morgan fingerprint density at radius 1 is 1.35 bits per heavy atom. The summed E-state index contributed by atoms with van der Waals surface area (Å²) in [4.78, 5) is 14.0. The number of hydrogen-bond donors (Lipinski definition) is 1. The molecule has 0 bridgehead atoms. The van der Waals surface area contributed by atoms with Gasteiger partial charge in [0.25, 0.3) is 5.91 Å². The maximum Gasteiger partial charge on any atom is 0.418 e. The number of amides is 1. The van der Waals surface area contributed by atoms with Gasteiger partial charge in [-0.15, -0.1) is 0 Å². The molecule has 0 aromatic heterocycles. The van der Waals surface area contributed by atoms with Crippen LogP contribution in [0.2, 0.25) is 5.02 Å². The van der Waals surface area contributed by atoms with Crippen LogP contribution in [0, 0.1) is 11.3 Å². The van der Waals surface area contributed by atoms with Crippen molar-refractivity contribution >= 4 is 23.2 Å². The molecule has 1 aromatic carbocycles. The predicted molar refractivity (Wildman–Crippen MR) is 93.4 cm³/mol. The second-order valence-corrected chi connectivity index (χ2v) is 6.65. The fourth-order valence-electron chi connectivity index (χ4n) is 2.99. The molecule has 8 heteroatoms. The van der Waals surface area contributed by atoms with Crippen molar-refractivity contribution in [1.82, 2.24) is 4.90 Å². The zero-order valence-corrected chi connectivity index (χ0v) is 15.0. The van der Waals surface area contributed by atoms with Crippen LogP contribution in [0.4, 0.5) is 18.9 Å². The SMILES string of the molecule is CN(C(=O)/C(C#N)=C\Nc1ccc(Cl)cc1C(F)(F)F)C1CCCCC1. The van der Waals surface area contributed by atoms with Gasteiger partial charge in [0.2, 0.25) is 0 Å². The molecule has 0 aliphatic heterocycles. The summed E-state index contributed by atoms with van der Waals surface area (Å²) in [6.07, 6.45) is 1.29. The molecule has 1 aliphatic rings. The molecule has 0 saturated heterocycles. The molecule has 2 rings (SSSR count). The van der Waals surface area contributed by atoms with E-state index in [0.717, 1.165) is 50.4 Å². The highest BCUT2D eigenvalue weighted by atomic mass is 35.5. The molecule has 26 heavy (non-hydrogen) atoms. The van der Waals surface area contributed by atoms with Gasteiger partial charge in [-0.25, -0.2) is 0 Å². The zero-order chi connectivity index (χ0) is 19.3. The van der Waals surface area contributed by atoms with E-state index in [1.807, 2.05) is 0 Å². The molecule has 1 aliphatic carbocycles. The van der Waals surface area contributed by atoms with E-state index in [9.17, 15) is 23.2 Å². The molecule has 1 amide bonds. The Morgan fingerprint density at radius 3 is 2.58 bits per heavy atom. The van der Waals surface area contributed by atoms with Gasteiger partial charge in [0.05, 0.1) is 11.3 Å². The number of alkyl halides is 3. The van der Waals surface area contributed by atoms with Crippen LogP contribution in [0.3, 0.4) is 0 Å². The molecule has 1 aromatic rings. The van der Waals surface area contributed by atoms with Crippen LogP contribution in [0.25, 0.3) is 0 Å². The van der Waals surface area contributed by atoms with Gasteiger partial charge in [0.15, 0.2) is 0 Å². The average Bonchev–Trinajstić information content (AvgIpc) is 2.62. The van der Waals surface area contributed by atoms with Gasteiger partial charge in [0, 0.05) is 24.3 Å². The van der Waals surface area contributed by atoms with Crippen LogP contribution >= 0.6 is 11.6 Å². The van der Waals surface area contributed by atoms with Gasteiger partial charge in [0.1, 0.15) is 11.6 Å². The second kappa shape index (κ2) is 8.45. The zero-order valence-electron chi connectivity index (χ0n) is 14.2. The molecule has 0 radical (unpaired) electrons. The van der Waals surface area contributed by atoms with Crippen molar-refractivity contribution in [3.63, 3.8) is 0 Å². The van der Waals surface area contributed by atoms with E-state index >= 15 is 0 Å². The molecule has 1 fully saturated rings. The van der Waals surface area contributed by atoms with Crippen molar-refractivity contribution in [2.75, 3.05) is 12.4 Å². The number of nitrogens with one attached hydrogen (secondary N) is 1. The lowest BCUT2D eigenvalue weighted by Gasteiger charge is -2.31. The Kier molecular flexibility index (Phi) is 6.54. The summed E-state index contributed by atoms with van der Waals surface area (Å²) in [6, 6.07) is 5.06. The number of carbonyl (C=O) groups excluding carboxylic acids is 1. The van der Waals surface area contributed by atoms with Crippen molar-refractivity contribution < 1.29 is 18.0 Å². The summed E-state index contributed by atoms with van der Waals surface area (Å²) < 4.78 is 39.3. The number of nitrogens with zero attached hydrogens (tertiary/aromatic N) is 2. The molecular formula is C18H19ClF3N3O. The third kappa shape index (κ3) is 4.92. The van der Waals surface area contributed by atoms with E-state index in [4.69, 9.17) is 11.6 Å². The average molecular weight is 386 g/mol. The summed E-state index contributed by atoms with van der Waals surface area (Å²) in [5.74, 6) is -0.505. The third-order valence-corrected chi connectivity index (χ3v) is 4.69.